The molecule has 1 unspecified atom stereocenters. The number of hydrogen-bond acceptors (Lipinski definition) is 4. The van der Waals surface area contributed by atoms with Gasteiger partial charge in [0.25, 0.3) is 5.91 Å². The number of imide groups is 1. The van der Waals surface area contributed by atoms with Crippen molar-refractivity contribution in [1.29, 1.82) is 0 Å². The number of rotatable bonds is 6. The molecular formula is C20H21F3N3O3S+. The molecule has 2 heterocycles. The van der Waals surface area contributed by atoms with Gasteiger partial charge < -0.3 is 5.32 Å². The summed E-state index contributed by atoms with van der Waals surface area (Å²) >= 11 is 1.23. The Kier molecular flexibility index (Phi) is 6.35. The summed E-state index contributed by atoms with van der Waals surface area (Å²) in [5.74, 6) is -0.861. The van der Waals surface area contributed by atoms with Crippen LogP contribution in [0.25, 0.3) is 0 Å². The van der Waals surface area contributed by atoms with Crippen LogP contribution in [-0.2, 0) is 15.8 Å². The van der Waals surface area contributed by atoms with Gasteiger partial charge in [-0.05, 0) is 36.0 Å². The van der Waals surface area contributed by atoms with Crippen LogP contribution in [-0.4, -0.2) is 51.4 Å². The van der Waals surface area contributed by atoms with E-state index in [1.54, 1.807) is 11.5 Å². The molecule has 0 fully saturated rings. The number of nitrogens with zero attached hydrogens (tertiary/aromatic N) is 2. The third kappa shape index (κ3) is 4.58. The van der Waals surface area contributed by atoms with E-state index in [-0.39, 0.29) is 24.1 Å². The van der Waals surface area contributed by atoms with Crippen LogP contribution in [0.15, 0.2) is 35.7 Å². The van der Waals surface area contributed by atoms with Crippen molar-refractivity contribution in [3.05, 3.63) is 41.3 Å². The van der Waals surface area contributed by atoms with E-state index in [1.165, 1.54) is 23.9 Å². The topological polar surface area (TPSA) is 69.5 Å². The van der Waals surface area contributed by atoms with Crippen molar-refractivity contribution in [1.82, 2.24) is 4.90 Å². The van der Waals surface area contributed by atoms with Crippen LogP contribution in [0.2, 0.25) is 0 Å². The molecule has 0 radical (unpaired) electrons. The zero-order valence-corrected chi connectivity index (χ0v) is 17.2. The molecular weight excluding hydrogens is 419 g/mol. The molecule has 6 nitrogen and oxygen atoms in total. The Bertz CT molecular complexity index is 941. The molecule has 30 heavy (non-hydrogen) atoms. The Balaban J connectivity index is 1.83. The van der Waals surface area contributed by atoms with Crippen LogP contribution in [0, 0.1) is 5.92 Å². The molecule has 2 aliphatic rings. The standard InChI is InChI=1S/C20H20F3N3O3S/c1-12(2)7-9-25-18(28)17-15(8-10-30-17)26(19(25)29)11-16(27)24-14-6-4-3-5-13(14)20(21,22)23/h3-6,8,10,12,17H,7,9,11H2,1-2H3/p+1. The highest BCUT2D eigenvalue weighted by atomic mass is 32.2. The fourth-order valence-corrected chi connectivity index (χ4v) is 4.14. The maximum absolute atomic E-state index is 13.2. The minimum atomic E-state index is -4.63. The van der Waals surface area contributed by atoms with Gasteiger partial charge in [-0.15, -0.1) is 11.8 Å². The third-order valence-electron chi connectivity index (χ3n) is 4.72. The van der Waals surface area contributed by atoms with E-state index in [1.807, 2.05) is 13.8 Å². The lowest BCUT2D eigenvalue weighted by atomic mass is 10.1. The number of fused-ring (bicyclic) bond motifs is 1. The first-order chi connectivity index (χ1) is 14.1. The van der Waals surface area contributed by atoms with Gasteiger partial charge in [-0.2, -0.15) is 27.4 Å². The molecule has 1 aromatic rings. The fourth-order valence-electron chi connectivity index (χ4n) is 3.18. The van der Waals surface area contributed by atoms with Gasteiger partial charge in [0, 0.05) is 0 Å². The largest absolute Gasteiger partial charge is 0.501 e. The SMILES string of the molecule is CC(C)CCN1C(=O)C2SC=CC2=[N+](CC(=O)Nc2ccccc2C(F)(F)F)C1=O. The lowest BCUT2D eigenvalue weighted by molar-refractivity contribution is -0.425. The Morgan fingerprint density at radius 1 is 1.27 bits per heavy atom. The molecule has 0 aromatic heterocycles. The molecule has 1 aromatic carbocycles. The van der Waals surface area contributed by atoms with E-state index in [0.29, 0.717) is 12.1 Å². The molecule has 10 heteroatoms. The monoisotopic (exact) mass is 440 g/mol. The molecule has 1 atom stereocenters. The number of carbonyl (C=O) groups excluding carboxylic acids is 3. The summed E-state index contributed by atoms with van der Waals surface area (Å²) in [6.45, 7) is 3.65. The highest BCUT2D eigenvalue weighted by molar-refractivity contribution is 8.04. The second kappa shape index (κ2) is 8.63. The zero-order valence-electron chi connectivity index (χ0n) is 16.4. The number of para-hydroxylation sites is 1. The summed E-state index contributed by atoms with van der Waals surface area (Å²) < 4.78 is 40.7. The van der Waals surface area contributed by atoms with Crippen molar-refractivity contribution in [3.63, 3.8) is 0 Å². The van der Waals surface area contributed by atoms with Gasteiger partial charge in [-0.1, -0.05) is 26.0 Å². The normalized spacial score (nSPS) is 19.0. The molecule has 2 aliphatic heterocycles. The third-order valence-corrected chi connectivity index (χ3v) is 5.73. The number of urea groups is 1. The molecule has 1 N–H and O–H groups in total. The van der Waals surface area contributed by atoms with Crippen LogP contribution in [0.4, 0.5) is 23.7 Å². The number of halogens is 3. The number of hydrogen-bond donors (Lipinski definition) is 1. The molecule has 4 amide bonds. The van der Waals surface area contributed by atoms with Gasteiger partial charge in [0.1, 0.15) is 5.71 Å². The molecule has 0 saturated heterocycles. The van der Waals surface area contributed by atoms with E-state index in [0.717, 1.165) is 21.6 Å². The van der Waals surface area contributed by atoms with E-state index in [4.69, 9.17) is 0 Å². The molecule has 0 bridgehead atoms. The summed E-state index contributed by atoms with van der Waals surface area (Å²) in [5.41, 5.74) is -0.987. The average molecular weight is 440 g/mol. The van der Waals surface area contributed by atoms with Crippen molar-refractivity contribution < 1.29 is 32.1 Å². The Hall–Kier alpha value is -2.62. The van der Waals surface area contributed by atoms with E-state index < -0.39 is 35.5 Å². The van der Waals surface area contributed by atoms with Crippen molar-refractivity contribution in [3.8, 4) is 0 Å². The first-order valence-corrected chi connectivity index (χ1v) is 10.3. The number of amides is 4. The molecule has 3 rings (SSSR count). The van der Waals surface area contributed by atoms with Gasteiger partial charge in [-0.3, -0.25) is 4.79 Å². The van der Waals surface area contributed by atoms with Gasteiger partial charge in [0.05, 0.1) is 17.8 Å². The van der Waals surface area contributed by atoms with Crippen LogP contribution in [0.5, 0.6) is 0 Å². The number of benzene rings is 1. The minimum Gasteiger partial charge on any atom is -0.322 e. The number of carbonyl (C=O) groups is 3. The second-order valence-corrected chi connectivity index (χ2v) is 8.39. The maximum atomic E-state index is 13.2. The van der Waals surface area contributed by atoms with Crippen LogP contribution >= 0.6 is 11.8 Å². The predicted octanol–water partition coefficient (Wildman–Crippen LogP) is 3.73. The number of anilines is 1. The molecule has 0 aliphatic carbocycles. The first kappa shape index (κ1) is 22.1. The quantitative estimate of drug-likeness (QED) is 0.685. The highest BCUT2D eigenvalue weighted by Gasteiger charge is 2.49. The Morgan fingerprint density at radius 2 is 1.97 bits per heavy atom. The summed E-state index contributed by atoms with van der Waals surface area (Å²) in [7, 11) is 0. The number of alkyl halides is 3. The van der Waals surface area contributed by atoms with Gasteiger partial charge in [0.2, 0.25) is 0 Å². The van der Waals surface area contributed by atoms with Crippen LogP contribution in [0.1, 0.15) is 25.8 Å². The number of nitrogens with one attached hydrogen (secondary N) is 1. The lowest BCUT2D eigenvalue weighted by Gasteiger charge is -2.24. The van der Waals surface area contributed by atoms with Crippen molar-refractivity contribution in [2.75, 3.05) is 18.4 Å². The average Bonchev–Trinajstić information content (AvgIpc) is 3.14. The van der Waals surface area contributed by atoms with E-state index in [2.05, 4.69) is 5.32 Å². The smallest absolute Gasteiger partial charge is 0.322 e. The number of allylic oxidation sites excluding steroid dienone is 1. The minimum absolute atomic E-state index is 0.217. The molecule has 0 spiro atoms. The van der Waals surface area contributed by atoms with Crippen molar-refractivity contribution in [2.45, 2.75) is 31.7 Å². The Labute approximate surface area is 175 Å². The molecule has 160 valence electrons. The fraction of sp³-hybridized carbons (Fsp3) is 0.400. The number of thioether (sulfide) groups is 1. The van der Waals surface area contributed by atoms with Crippen molar-refractivity contribution in [2.24, 2.45) is 5.92 Å². The van der Waals surface area contributed by atoms with E-state index in [9.17, 15) is 27.6 Å². The summed E-state index contributed by atoms with van der Waals surface area (Å²) in [6, 6.07) is 3.99. The molecule has 0 saturated carbocycles. The zero-order chi connectivity index (χ0) is 22.1. The summed E-state index contributed by atoms with van der Waals surface area (Å²) in [4.78, 5) is 39.2. The predicted molar refractivity (Wildman–Crippen MR) is 107 cm³/mol. The van der Waals surface area contributed by atoms with E-state index >= 15 is 0 Å². The van der Waals surface area contributed by atoms with Gasteiger partial charge in [0.15, 0.2) is 11.8 Å². The first-order valence-electron chi connectivity index (χ1n) is 9.37. The Morgan fingerprint density at radius 3 is 2.63 bits per heavy atom. The lowest BCUT2D eigenvalue weighted by Crippen LogP contribution is -2.56. The van der Waals surface area contributed by atoms with Gasteiger partial charge >= 0.3 is 18.1 Å². The summed E-state index contributed by atoms with van der Waals surface area (Å²) in [6.07, 6.45) is -2.44. The second-order valence-electron chi connectivity index (χ2n) is 7.38. The van der Waals surface area contributed by atoms with Crippen LogP contribution in [0.3, 0.4) is 0 Å². The maximum Gasteiger partial charge on any atom is 0.501 e. The van der Waals surface area contributed by atoms with Crippen molar-refractivity contribution >= 4 is 41.0 Å². The summed E-state index contributed by atoms with van der Waals surface area (Å²) in [5, 5.41) is 3.27. The van der Waals surface area contributed by atoms with Crippen LogP contribution < -0.4 is 5.32 Å². The highest BCUT2D eigenvalue weighted by Crippen LogP contribution is 2.34. The van der Waals surface area contributed by atoms with Gasteiger partial charge in [-0.25, -0.2) is 4.79 Å².